The van der Waals surface area contributed by atoms with Crippen molar-refractivity contribution in [2.24, 2.45) is 5.92 Å². The van der Waals surface area contributed by atoms with E-state index in [1.807, 2.05) is 6.92 Å². The van der Waals surface area contributed by atoms with Crippen LogP contribution in [0.5, 0.6) is 0 Å². The zero-order chi connectivity index (χ0) is 14.1. The van der Waals surface area contributed by atoms with Gasteiger partial charge in [-0.1, -0.05) is 44.5 Å². The average molecular weight is 263 g/mol. The summed E-state index contributed by atoms with van der Waals surface area (Å²) in [7, 11) is 1.44. The highest BCUT2D eigenvalue weighted by molar-refractivity contribution is 5.72. The Bertz CT molecular complexity index is 373. The lowest BCUT2D eigenvalue weighted by Crippen LogP contribution is -2.28. The standard InChI is InChI=1S/C16H25NO2/c1-4-6-13-7-9-14(10-8-13)11-17-12-15(5-2)16(18)19-3/h7-10,15,17H,4-6,11-12H2,1-3H3. The summed E-state index contributed by atoms with van der Waals surface area (Å²) in [5.74, 6) is -0.183. The zero-order valence-corrected chi connectivity index (χ0v) is 12.2. The van der Waals surface area contributed by atoms with Crippen molar-refractivity contribution in [2.75, 3.05) is 13.7 Å². The molecule has 0 bridgehead atoms. The fourth-order valence-corrected chi connectivity index (χ4v) is 2.06. The minimum absolute atomic E-state index is 0.0515. The van der Waals surface area contributed by atoms with E-state index in [1.165, 1.54) is 24.7 Å². The zero-order valence-electron chi connectivity index (χ0n) is 12.2. The number of ether oxygens (including phenoxy) is 1. The fourth-order valence-electron chi connectivity index (χ4n) is 2.06. The van der Waals surface area contributed by atoms with Crippen molar-refractivity contribution in [1.82, 2.24) is 5.32 Å². The van der Waals surface area contributed by atoms with E-state index in [2.05, 4.69) is 36.5 Å². The summed E-state index contributed by atoms with van der Waals surface area (Å²) < 4.78 is 4.77. The molecule has 1 rings (SSSR count). The minimum atomic E-state index is -0.131. The predicted molar refractivity (Wildman–Crippen MR) is 77.9 cm³/mol. The molecule has 0 heterocycles. The van der Waals surface area contributed by atoms with Crippen LogP contribution in [0.4, 0.5) is 0 Å². The quantitative estimate of drug-likeness (QED) is 0.733. The molecular formula is C16H25NO2. The molecule has 0 spiro atoms. The van der Waals surface area contributed by atoms with Crippen LogP contribution in [0.15, 0.2) is 24.3 Å². The van der Waals surface area contributed by atoms with Crippen LogP contribution < -0.4 is 5.32 Å². The van der Waals surface area contributed by atoms with Crippen molar-refractivity contribution in [3.8, 4) is 0 Å². The first-order valence-corrected chi connectivity index (χ1v) is 7.07. The molecule has 0 aliphatic heterocycles. The maximum atomic E-state index is 11.4. The van der Waals surface area contributed by atoms with Crippen molar-refractivity contribution in [1.29, 1.82) is 0 Å². The number of carbonyl (C=O) groups is 1. The topological polar surface area (TPSA) is 38.3 Å². The van der Waals surface area contributed by atoms with Crippen molar-refractivity contribution in [2.45, 2.75) is 39.7 Å². The molecule has 0 aromatic heterocycles. The van der Waals surface area contributed by atoms with Gasteiger partial charge in [0.05, 0.1) is 13.0 Å². The molecule has 106 valence electrons. The van der Waals surface area contributed by atoms with Crippen LogP contribution in [0.1, 0.15) is 37.8 Å². The highest BCUT2D eigenvalue weighted by atomic mass is 16.5. The molecule has 1 aromatic carbocycles. The third kappa shape index (κ3) is 5.43. The number of methoxy groups -OCH3 is 1. The summed E-state index contributed by atoms with van der Waals surface area (Å²) >= 11 is 0. The van der Waals surface area contributed by atoms with Gasteiger partial charge < -0.3 is 10.1 Å². The Morgan fingerprint density at radius 1 is 1.21 bits per heavy atom. The van der Waals surface area contributed by atoms with E-state index < -0.39 is 0 Å². The lowest BCUT2D eigenvalue weighted by Gasteiger charge is -2.13. The summed E-state index contributed by atoms with van der Waals surface area (Å²) in [6.45, 7) is 5.65. The monoisotopic (exact) mass is 263 g/mol. The molecule has 1 aromatic rings. The summed E-state index contributed by atoms with van der Waals surface area (Å²) in [6, 6.07) is 8.66. The van der Waals surface area contributed by atoms with Gasteiger partial charge in [-0.15, -0.1) is 0 Å². The molecule has 1 N–H and O–H groups in total. The first kappa shape index (κ1) is 15.7. The number of aryl methyl sites for hydroxylation is 1. The Kier molecular flexibility index (Phi) is 7.19. The molecule has 0 aliphatic rings. The van der Waals surface area contributed by atoms with E-state index in [9.17, 15) is 4.79 Å². The van der Waals surface area contributed by atoms with Crippen molar-refractivity contribution < 1.29 is 9.53 Å². The predicted octanol–water partition coefficient (Wildman–Crippen LogP) is 2.93. The van der Waals surface area contributed by atoms with E-state index in [4.69, 9.17) is 4.74 Å². The van der Waals surface area contributed by atoms with Crippen LogP contribution in [0.2, 0.25) is 0 Å². The molecule has 0 saturated heterocycles. The third-order valence-corrected chi connectivity index (χ3v) is 3.31. The van der Waals surface area contributed by atoms with E-state index in [0.717, 1.165) is 19.4 Å². The second kappa shape index (κ2) is 8.70. The van der Waals surface area contributed by atoms with Crippen molar-refractivity contribution >= 4 is 5.97 Å². The summed E-state index contributed by atoms with van der Waals surface area (Å²) in [6.07, 6.45) is 3.11. The van der Waals surface area contributed by atoms with E-state index in [-0.39, 0.29) is 11.9 Å². The van der Waals surface area contributed by atoms with Gasteiger partial charge >= 0.3 is 5.97 Å². The van der Waals surface area contributed by atoms with Gasteiger partial charge in [0.2, 0.25) is 0 Å². The van der Waals surface area contributed by atoms with E-state index in [1.54, 1.807) is 0 Å². The third-order valence-electron chi connectivity index (χ3n) is 3.31. The maximum Gasteiger partial charge on any atom is 0.309 e. The smallest absolute Gasteiger partial charge is 0.309 e. The van der Waals surface area contributed by atoms with Crippen molar-refractivity contribution in [3.05, 3.63) is 35.4 Å². The number of benzene rings is 1. The molecule has 1 atom stereocenters. The Morgan fingerprint density at radius 3 is 2.37 bits per heavy atom. The molecule has 0 fully saturated rings. The molecule has 3 heteroatoms. The normalized spacial score (nSPS) is 12.2. The van der Waals surface area contributed by atoms with Crippen LogP contribution in [-0.2, 0) is 22.5 Å². The molecule has 0 saturated carbocycles. The molecular weight excluding hydrogens is 238 g/mol. The largest absolute Gasteiger partial charge is 0.469 e. The van der Waals surface area contributed by atoms with E-state index >= 15 is 0 Å². The number of carbonyl (C=O) groups excluding carboxylic acids is 1. The van der Waals surface area contributed by atoms with Crippen molar-refractivity contribution in [3.63, 3.8) is 0 Å². The number of nitrogens with one attached hydrogen (secondary N) is 1. The van der Waals surface area contributed by atoms with Gasteiger partial charge in [-0.25, -0.2) is 0 Å². The average Bonchev–Trinajstić information content (AvgIpc) is 2.45. The molecule has 0 aliphatic carbocycles. The fraction of sp³-hybridized carbons (Fsp3) is 0.562. The van der Waals surface area contributed by atoms with Gasteiger partial charge in [0.15, 0.2) is 0 Å². The minimum Gasteiger partial charge on any atom is -0.469 e. The van der Waals surface area contributed by atoms with Crippen LogP contribution in [0, 0.1) is 5.92 Å². The lowest BCUT2D eigenvalue weighted by molar-refractivity contribution is -0.145. The van der Waals surface area contributed by atoms with Crippen LogP contribution in [-0.4, -0.2) is 19.6 Å². The Hall–Kier alpha value is -1.35. The van der Waals surface area contributed by atoms with Gasteiger partial charge in [0, 0.05) is 13.1 Å². The highest BCUT2D eigenvalue weighted by Crippen LogP contribution is 2.07. The number of hydrogen-bond donors (Lipinski definition) is 1. The summed E-state index contributed by atoms with van der Waals surface area (Å²) in [4.78, 5) is 11.4. The maximum absolute atomic E-state index is 11.4. The lowest BCUT2D eigenvalue weighted by atomic mass is 10.1. The van der Waals surface area contributed by atoms with Gasteiger partial charge in [0.25, 0.3) is 0 Å². The second-order valence-electron chi connectivity index (χ2n) is 4.83. The van der Waals surface area contributed by atoms with Gasteiger partial charge in [-0.3, -0.25) is 4.79 Å². The van der Waals surface area contributed by atoms with Crippen LogP contribution >= 0.6 is 0 Å². The van der Waals surface area contributed by atoms with Gasteiger partial charge in [-0.2, -0.15) is 0 Å². The summed E-state index contributed by atoms with van der Waals surface area (Å²) in [5, 5.41) is 3.32. The number of rotatable bonds is 8. The Morgan fingerprint density at radius 2 is 1.84 bits per heavy atom. The molecule has 0 radical (unpaired) electrons. The SMILES string of the molecule is CCCc1ccc(CNCC(CC)C(=O)OC)cc1. The first-order chi connectivity index (χ1) is 9.21. The second-order valence-corrected chi connectivity index (χ2v) is 4.83. The van der Waals surface area contributed by atoms with Gasteiger partial charge in [0.1, 0.15) is 0 Å². The molecule has 3 nitrogen and oxygen atoms in total. The van der Waals surface area contributed by atoms with Crippen LogP contribution in [0.25, 0.3) is 0 Å². The molecule has 19 heavy (non-hydrogen) atoms. The number of hydrogen-bond acceptors (Lipinski definition) is 3. The first-order valence-electron chi connectivity index (χ1n) is 7.07. The Balaban J connectivity index is 2.37. The van der Waals surface area contributed by atoms with E-state index in [0.29, 0.717) is 6.54 Å². The highest BCUT2D eigenvalue weighted by Gasteiger charge is 2.15. The summed E-state index contributed by atoms with van der Waals surface area (Å²) in [5.41, 5.74) is 2.63. The van der Waals surface area contributed by atoms with Gasteiger partial charge in [-0.05, 0) is 24.0 Å². The Labute approximate surface area is 116 Å². The molecule has 1 unspecified atom stereocenters. The number of esters is 1. The molecule has 0 amide bonds. The van der Waals surface area contributed by atoms with Crippen LogP contribution in [0.3, 0.4) is 0 Å².